The van der Waals surface area contributed by atoms with Crippen LogP contribution in [-0.2, 0) is 10.0 Å². The summed E-state index contributed by atoms with van der Waals surface area (Å²) in [6.07, 6.45) is 3.75. The Balaban J connectivity index is 1.90. The number of rotatable bonds is 5. The minimum atomic E-state index is -4.20. The van der Waals surface area contributed by atoms with Crippen molar-refractivity contribution in [2.75, 3.05) is 0 Å². The van der Waals surface area contributed by atoms with Gasteiger partial charge in [0.25, 0.3) is 10.0 Å². The molecule has 0 saturated heterocycles. The number of ether oxygens (including phenoxy) is 1. The number of pyridine rings is 1. The standard InChI is InChI=1S/C22H19ClN4O5S/c1-11-6-15(13(3)31-17-4-5-18(23)27-22(17)33(24,29)30)21-16(7-11)19(28)12(2)20(32-21)14-8-25-10-26-9-14/h4-10,13H,1-3H3,(H2,24,29,30)/t13-/m1/s1. The summed E-state index contributed by atoms with van der Waals surface area (Å²) < 4.78 is 36.1. The number of nitrogens with two attached hydrogens (primary N) is 1. The summed E-state index contributed by atoms with van der Waals surface area (Å²) in [7, 11) is -4.20. The third-order valence-corrected chi connectivity index (χ3v) is 6.06. The number of aryl methyl sites for hydroxylation is 1. The quantitative estimate of drug-likeness (QED) is 0.421. The minimum Gasteiger partial charge on any atom is -0.483 e. The van der Waals surface area contributed by atoms with E-state index in [9.17, 15) is 13.2 Å². The predicted molar refractivity (Wildman–Crippen MR) is 123 cm³/mol. The van der Waals surface area contributed by atoms with Crippen LogP contribution in [0.25, 0.3) is 22.3 Å². The van der Waals surface area contributed by atoms with E-state index in [1.54, 1.807) is 38.4 Å². The summed E-state index contributed by atoms with van der Waals surface area (Å²) in [6.45, 7) is 5.21. The van der Waals surface area contributed by atoms with Gasteiger partial charge in [0.15, 0.2) is 11.2 Å². The molecule has 0 radical (unpaired) electrons. The molecule has 1 aromatic carbocycles. The number of nitrogens with zero attached hydrogens (tertiary/aromatic N) is 3. The van der Waals surface area contributed by atoms with Crippen molar-refractivity contribution in [2.45, 2.75) is 31.9 Å². The van der Waals surface area contributed by atoms with E-state index in [2.05, 4.69) is 15.0 Å². The first-order chi connectivity index (χ1) is 15.6. The van der Waals surface area contributed by atoms with Gasteiger partial charge >= 0.3 is 0 Å². The first-order valence-electron chi connectivity index (χ1n) is 9.75. The zero-order chi connectivity index (χ0) is 23.9. The SMILES string of the molecule is Cc1cc([C@@H](C)Oc2ccc(Cl)nc2S(N)(=O)=O)c2oc(-c3cncnc3)c(C)c(=O)c2c1. The normalized spacial score (nSPS) is 12.6. The number of primary sulfonamides is 1. The van der Waals surface area contributed by atoms with E-state index in [1.165, 1.54) is 18.5 Å². The molecule has 3 heterocycles. The second-order valence-electron chi connectivity index (χ2n) is 7.49. The van der Waals surface area contributed by atoms with Gasteiger partial charge in [-0.2, -0.15) is 0 Å². The molecule has 0 aliphatic heterocycles. The Morgan fingerprint density at radius 2 is 1.85 bits per heavy atom. The Kier molecular flexibility index (Phi) is 5.91. The molecular formula is C22H19ClN4O5S. The molecule has 0 spiro atoms. The molecule has 170 valence electrons. The summed E-state index contributed by atoms with van der Waals surface area (Å²) in [5.74, 6) is 0.263. The highest BCUT2D eigenvalue weighted by atomic mass is 35.5. The van der Waals surface area contributed by atoms with E-state index in [0.29, 0.717) is 33.4 Å². The highest BCUT2D eigenvalue weighted by Crippen LogP contribution is 2.34. The lowest BCUT2D eigenvalue weighted by Crippen LogP contribution is -2.17. The van der Waals surface area contributed by atoms with E-state index < -0.39 is 21.2 Å². The lowest BCUT2D eigenvalue weighted by atomic mass is 10.0. The number of hydrogen-bond acceptors (Lipinski definition) is 8. The largest absolute Gasteiger partial charge is 0.483 e. The molecule has 4 rings (SSSR count). The van der Waals surface area contributed by atoms with Crippen molar-refractivity contribution < 1.29 is 17.6 Å². The second kappa shape index (κ2) is 8.54. The summed E-state index contributed by atoms with van der Waals surface area (Å²) in [4.78, 5) is 24.9. The summed E-state index contributed by atoms with van der Waals surface area (Å²) >= 11 is 5.84. The number of hydrogen-bond donors (Lipinski definition) is 1. The smallest absolute Gasteiger partial charge is 0.259 e. The first-order valence-corrected chi connectivity index (χ1v) is 11.7. The van der Waals surface area contributed by atoms with Crippen LogP contribution in [0.4, 0.5) is 0 Å². The van der Waals surface area contributed by atoms with E-state index in [0.717, 1.165) is 5.56 Å². The Hall–Kier alpha value is -3.34. The van der Waals surface area contributed by atoms with Crippen molar-refractivity contribution in [3.8, 4) is 17.1 Å². The Bertz CT molecular complexity index is 1540. The van der Waals surface area contributed by atoms with Crippen molar-refractivity contribution >= 4 is 32.6 Å². The van der Waals surface area contributed by atoms with Crippen LogP contribution in [0.5, 0.6) is 5.75 Å². The van der Waals surface area contributed by atoms with Crippen LogP contribution < -0.4 is 15.3 Å². The fourth-order valence-electron chi connectivity index (χ4n) is 3.51. The molecule has 0 saturated carbocycles. The number of benzene rings is 1. The average Bonchev–Trinajstić information content (AvgIpc) is 2.77. The molecule has 2 N–H and O–H groups in total. The summed E-state index contributed by atoms with van der Waals surface area (Å²) in [6, 6.07) is 6.30. The zero-order valence-electron chi connectivity index (χ0n) is 17.9. The van der Waals surface area contributed by atoms with Crippen LogP contribution in [0, 0.1) is 13.8 Å². The van der Waals surface area contributed by atoms with Gasteiger partial charge in [0.2, 0.25) is 5.03 Å². The maximum atomic E-state index is 13.2. The van der Waals surface area contributed by atoms with E-state index in [-0.39, 0.29) is 16.3 Å². The van der Waals surface area contributed by atoms with Gasteiger partial charge in [0.05, 0.1) is 10.9 Å². The third-order valence-electron chi connectivity index (χ3n) is 5.02. The second-order valence-corrected chi connectivity index (χ2v) is 9.35. The van der Waals surface area contributed by atoms with Gasteiger partial charge in [-0.3, -0.25) is 4.79 Å². The molecule has 0 unspecified atom stereocenters. The fraction of sp³-hybridized carbons (Fsp3) is 0.182. The first kappa shape index (κ1) is 22.8. The van der Waals surface area contributed by atoms with Gasteiger partial charge in [-0.1, -0.05) is 11.6 Å². The van der Waals surface area contributed by atoms with Crippen molar-refractivity contribution in [3.05, 3.63) is 75.1 Å². The van der Waals surface area contributed by atoms with Crippen LogP contribution in [0.15, 0.2) is 57.2 Å². The summed E-state index contributed by atoms with van der Waals surface area (Å²) in [5.41, 5.74) is 2.41. The minimum absolute atomic E-state index is 0.0452. The highest BCUT2D eigenvalue weighted by Gasteiger charge is 2.23. The van der Waals surface area contributed by atoms with Gasteiger partial charge in [-0.15, -0.1) is 0 Å². The molecule has 0 fully saturated rings. The van der Waals surface area contributed by atoms with Crippen LogP contribution in [0.1, 0.15) is 29.7 Å². The Morgan fingerprint density at radius 1 is 1.15 bits per heavy atom. The molecule has 33 heavy (non-hydrogen) atoms. The maximum Gasteiger partial charge on any atom is 0.259 e. The fourth-order valence-corrected chi connectivity index (χ4v) is 4.33. The number of halogens is 1. The number of aromatic nitrogens is 3. The van der Waals surface area contributed by atoms with Gasteiger partial charge in [-0.25, -0.2) is 28.5 Å². The van der Waals surface area contributed by atoms with Crippen LogP contribution in [-0.4, -0.2) is 23.4 Å². The molecular weight excluding hydrogens is 468 g/mol. The average molecular weight is 487 g/mol. The van der Waals surface area contributed by atoms with Crippen molar-refractivity contribution in [3.63, 3.8) is 0 Å². The zero-order valence-corrected chi connectivity index (χ0v) is 19.4. The van der Waals surface area contributed by atoms with E-state index >= 15 is 0 Å². The Labute approximate surface area is 194 Å². The molecule has 0 bridgehead atoms. The monoisotopic (exact) mass is 486 g/mol. The molecule has 1 atom stereocenters. The Morgan fingerprint density at radius 3 is 2.52 bits per heavy atom. The predicted octanol–water partition coefficient (Wildman–Crippen LogP) is 3.70. The lowest BCUT2D eigenvalue weighted by Gasteiger charge is -2.19. The van der Waals surface area contributed by atoms with Gasteiger partial charge in [0.1, 0.15) is 28.9 Å². The van der Waals surface area contributed by atoms with Crippen LogP contribution in [0.2, 0.25) is 5.15 Å². The molecule has 0 aliphatic carbocycles. The highest BCUT2D eigenvalue weighted by molar-refractivity contribution is 7.89. The molecule has 0 amide bonds. The van der Waals surface area contributed by atoms with E-state index in [4.69, 9.17) is 25.9 Å². The molecule has 9 nitrogen and oxygen atoms in total. The molecule has 3 aromatic heterocycles. The van der Waals surface area contributed by atoms with Crippen LogP contribution >= 0.6 is 11.6 Å². The van der Waals surface area contributed by atoms with Gasteiger partial charge in [0, 0.05) is 23.5 Å². The number of fused-ring (bicyclic) bond motifs is 1. The molecule has 4 aromatic rings. The van der Waals surface area contributed by atoms with Crippen LogP contribution in [0.3, 0.4) is 0 Å². The van der Waals surface area contributed by atoms with Gasteiger partial charge < -0.3 is 9.15 Å². The van der Waals surface area contributed by atoms with Crippen molar-refractivity contribution in [2.24, 2.45) is 5.14 Å². The van der Waals surface area contributed by atoms with Crippen molar-refractivity contribution in [1.29, 1.82) is 0 Å². The van der Waals surface area contributed by atoms with E-state index in [1.807, 2.05) is 6.92 Å². The topological polar surface area (TPSA) is 138 Å². The third kappa shape index (κ3) is 4.45. The number of sulfonamides is 1. The van der Waals surface area contributed by atoms with Crippen molar-refractivity contribution in [1.82, 2.24) is 15.0 Å². The summed E-state index contributed by atoms with van der Waals surface area (Å²) in [5, 5.41) is 5.12. The maximum absolute atomic E-state index is 13.2. The van der Waals surface area contributed by atoms with Gasteiger partial charge in [-0.05, 0) is 50.6 Å². The molecule has 11 heteroatoms. The molecule has 0 aliphatic rings. The lowest BCUT2D eigenvalue weighted by molar-refractivity contribution is 0.219.